The van der Waals surface area contributed by atoms with Crippen molar-refractivity contribution in [1.29, 1.82) is 0 Å². The van der Waals surface area contributed by atoms with E-state index in [-0.39, 0.29) is 12.8 Å². The highest BCUT2D eigenvalue weighted by atomic mass is 32.1. The van der Waals surface area contributed by atoms with Crippen molar-refractivity contribution in [2.75, 3.05) is 51.2 Å². The van der Waals surface area contributed by atoms with E-state index in [1.807, 2.05) is 36.4 Å². The van der Waals surface area contributed by atoms with Gasteiger partial charge in [0.2, 0.25) is 11.8 Å². The van der Waals surface area contributed by atoms with Gasteiger partial charge < -0.3 is 24.8 Å². The molecule has 1 aliphatic heterocycles. The number of rotatable bonds is 12. The van der Waals surface area contributed by atoms with Crippen LogP contribution in [0.25, 0.3) is 21.8 Å². The summed E-state index contributed by atoms with van der Waals surface area (Å²) in [6, 6.07) is 11.8. The number of nitrogens with one attached hydrogen (secondary N) is 2. The van der Waals surface area contributed by atoms with Crippen molar-refractivity contribution in [1.82, 2.24) is 24.8 Å². The number of hydrogen-bond donors (Lipinski definition) is 2. The van der Waals surface area contributed by atoms with Crippen molar-refractivity contribution in [3.8, 4) is 39.2 Å². The third-order valence-electron chi connectivity index (χ3n) is 6.95. The molecule has 1 saturated heterocycles. The summed E-state index contributed by atoms with van der Waals surface area (Å²) in [5.74, 6) is 2.35. The molecule has 12 heteroatoms. The number of hydrogen-bond acceptors (Lipinski definition) is 11. The Hall–Kier alpha value is -4.03. The van der Waals surface area contributed by atoms with E-state index in [2.05, 4.69) is 25.5 Å². The number of anilines is 3. The lowest BCUT2D eigenvalue weighted by molar-refractivity contribution is 0.189. The summed E-state index contributed by atoms with van der Waals surface area (Å²) in [5.41, 5.74) is 3.14. The van der Waals surface area contributed by atoms with Gasteiger partial charge in [-0.2, -0.15) is 0 Å². The molecule has 10 nitrogen and oxygen atoms in total. The summed E-state index contributed by atoms with van der Waals surface area (Å²) in [6.45, 7) is 1.66. The molecule has 0 spiro atoms. The zero-order chi connectivity index (χ0) is 28.2. The second-order valence-corrected chi connectivity index (χ2v) is 11.0. The Kier molecular flexibility index (Phi) is 8.10. The third-order valence-corrected chi connectivity index (χ3v) is 7.96. The molecule has 1 aliphatic carbocycles. The number of alkyl halides is 1. The Morgan fingerprint density at radius 1 is 1.02 bits per heavy atom. The Bertz CT molecular complexity index is 1460. The molecular weight excluding hydrogens is 545 g/mol. The van der Waals surface area contributed by atoms with Crippen molar-refractivity contribution < 1.29 is 18.6 Å². The van der Waals surface area contributed by atoms with Crippen LogP contribution in [0.1, 0.15) is 19.3 Å². The first-order valence-electron chi connectivity index (χ1n) is 13.6. The largest absolute Gasteiger partial charge is 0.497 e. The first-order chi connectivity index (χ1) is 20.1. The average molecular weight is 578 g/mol. The van der Waals surface area contributed by atoms with Crippen LogP contribution >= 0.6 is 11.3 Å². The molecular formula is C29H32FN7O3S. The van der Waals surface area contributed by atoms with Crippen LogP contribution in [0.15, 0.2) is 48.8 Å². The molecule has 1 aromatic carbocycles. The van der Waals surface area contributed by atoms with Crippen LogP contribution < -0.4 is 24.8 Å². The molecule has 0 radical (unpaired) electrons. The van der Waals surface area contributed by atoms with E-state index in [1.54, 1.807) is 38.0 Å². The smallest absolute Gasteiger partial charge is 0.227 e. The summed E-state index contributed by atoms with van der Waals surface area (Å²) in [6.07, 6.45) is 6.59. The van der Waals surface area contributed by atoms with E-state index < -0.39 is 0 Å². The van der Waals surface area contributed by atoms with Gasteiger partial charge in [0.1, 0.15) is 24.3 Å². The average Bonchev–Trinajstić information content (AvgIpc) is 3.54. The van der Waals surface area contributed by atoms with E-state index in [0.29, 0.717) is 42.5 Å². The van der Waals surface area contributed by atoms with Crippen LogP contribution in [0.3, 0.4) is 0 Å². The molecule has 2 N–H and O–H groups in total. The molecule has 1 atom stereocenters. The summed E-state index contributed by atoms with van der Waals surface area (Å²) >= 11 is 1.56. The number of likely N-dealkylation sites (tertiary alicyclic amines) is 1. The molecule has 3 aromatic heterocycles. The molecule has 2 aliphatic rings. The zero-order valence-electron chi connectivity index (χ0n) is 23.0. The second kappa shape index (κ2) is 12.2. The standard InChI is InChI=1S/C29H32FN7O3S/c1-38-22-13-18(14-23(15-22)39-2)26-27(41-29(36-26)34-19-3-4-19)24-7-10-31-28(35-24)33-20-5-6-25(32-16-20)40-21-8-11-37(17-21)12-9-30/h5-7,10,13-16,19,21H,3-4,8-9,11-12,17H2,1-2H3,(H,34,36)(H,31,33,35)/t21-/m1/s1. The lowest BCUT2D eigenvalue weighted by atomic mass is 10.1. The minimum Gasteiger partial charge on any atom is -0.497 e. The second-order valence-electron chi connectivity index (χ2n) is 10.0. The Balaban J connectivity index is 1.21. The SMILES string of the molecule is COc1cc(OC)cc(-c2nc(NC3CC3)sc2-c2ccnc(Nc3ccc(O[C@@H]4CCN(CCF)C4)nc3)n2)c1. The van der Waals surface area contributed by atoms with Crippen LogP contribution in [-0.2, 0) is 0 Å². The molecule has 6 rings (SSSR count). The van der Waals surface area contributed by atoms with Crippen LogP contribution in [0, 0.1) is 0 Å². The number of halogens is 1. The number of ether oxygens (including phenoxy) is 3. The molecule has 214 valence electrons. The maximum Gasteiger partial charge on any atom is 0.227 e. The first kappa shape index (κ1) is 27.2. The normalized spacial score (nSPS) is 16.9. The summed E-state index contributed by atoms with van der Waals surface area (Å²) in [7, 11) is 3.27. The van der Waals surface area contributed by atoms with Gasteiger partial charge in [0.05, 0.1) is 42.4 Å². The van der Waals surface area contributed by atoms with Crippen molar-refractivity contribution in [2.24, 2.45) is 0 Å². The Labute approximate surface area is 241 Å². The summed E-state index contributed by atoms with van der Waals surface area (Å²) in [4.78, 5) is 21.6. The molecule has 0 bridgehead atoms. The van der Waals surface area contributed by atoms with E-state index in [9.17, 15) is 4.39 Å². The van der Waals surface area contributed by atoms with Crippen LogP contribution in [0.2, 0.25) is 0 Å². The van der Waals surface area contributed by atoms with Gasteiger partial charge in [-0.3, -0.25) is 4.90 Å². The number of thiazole rings is 1. The zero-order valence-corrected chi connectivity index (χ0v) is 23.8. The Morgan fingerprint density at radius 2 is 1.85 bits per heavy atom. The van der Waals surface area contributed by atoms with Crippen molar-refractivity contribution in [2.45, 2.75) is 31.4 Å². The maximum absolute atomic E-state index is 12.6. The predicted octanol–water partition coefficient (Wildman–Crippen LogP) is 5.42. The summed E-state index contributed by atoms with van der Waals surface area (Å²) in [5, 5.41) is 7.61. The van der Waals surface area contributed by atoms with Crippen LogP contribution in [0.4, 0.5) is 21.2 Å². The summed E-state index contributed by atoms with van der Waals surface area (Å²) < 4.78 is 29.6. The third kappa shape index (κ3) is 6.66. The molecule has 4 heterocycles. The van der Waals surface area contributed by atoms with Gasteiger partial charge in [0, 0.05) is 49.6 Å². The first-order valence-corrected chi connectivity index (χ1v) is 14.4. The van der Waals surface area contributed by atoms with Gasteiger partial charge in [-0.25, -0.2) is 24.3 Å². The lowest BCUT2D eigenvalue weighted by Crippen LogP contribution is -2.26. The number of methoxy groups -OCH3 is 2. The van der Waals surface area contributed by atoms with Crippen LogP contribution in [0.5, 0.6) is 17.4 Å². The number of benzene rings is 1. The minimum absolute atomic E-state index is 0.0188. The molecule has 2 fully saturated rings. The predicted molar refractivity (Wildman–Crippen MR) is 157 cm³/mol. The van der Waals surface area contributed by atoms with Gasteiger partial charge in [-0.1, -0.05) is 11.3 Å². The van der Waals surface area contributed by atoms with Gasteiger partial charge >= 0.3 is 0 Å². The monoisotopic (exact) mass is 577 g/mol. The van der Waals surface area contributed by atoms with Gasteiger partial charge in [-0.15, -0.1) is 0 Å². The van der Waals surface area contributed by atoms with Crippen molar-refractivity contribution in [3.05, 3.63) is 48.8 Å². The van der Waals surface area contributed by atoms with E-state index in [1.165, 1.54) is 0 Å². The van der Waals surface area contributed by atoms with Gasteiger partial charge in [-0.05, 0) is 43.5 Å². The van der Waals surface area contributed by atoms with E-state index in [0.717, 1.165) is 58.5 Å². The van der Waals surface area contributed by atoms with Crippen LogP contribution in [-0.4, -0.2) is 77.5 Å². The number of pyridine rings is 1. The fourth-order valence-electron chi connectivity index (χ4n) is 4.68. The fourth-order valence-corrected chi connectivity index (χ4v) is 5.72. The maximum atomic E-state index is 12.6. The van der Waals surface area contributed by atoms with E-state index in [4.69, 9.17) is 24.2 Å². The van der Waals surface area contributed by atoms with Gasteiger partial charge in [0.25, 0.3) is 0 Å². The number of nitrogens with zero attached hydrogens (tertiary/aromatic N) is 5. The Morgan fingerprint density at radius 3 is 2.56 bits per heavy atom. The lowest BCUT2D eigenvalue weighted by Gasteiger charge is -2.15. The molecule has 41 heavy (non-hydrogen) atoms. The van der Waals surface area contributed by atoms with Crippen molar-refractivity contribution in [3.63, 3.8) is 0 Å². The fraction of sp³-hybridized carbons (Fsp3) is 0.379. The van der Waals surface area contributed by atoms with E-state index >= 15 is 0 Å². The highest BCUT2D eigenvalue weighted by Gasteiger charge is 2.25. The molecule has 0 amide bonds. The topological polar surface area (TPSA) is 107 Å². The van der Waals surface area contributed by atoms with Gasteiger partial charge in [0.15, 0.2) is 5.13 Å². The number of aromatic nitrogens is 4. The quantitative estimate of drug-likeness (QED) is 0.227. The van der Waals surface area contributed by atoms with Crippen molar-refractivity contribution >= 4 is 28.1 Å². The minimum atomic E-state index is -0.340. The molecule has 1 saturated carbocycles. The highest BCUT2D eigenvalue weighted by molar-refractivity contribution is 7.19. The molecule has 4 aromatic rings. The highest BCUT2D eigenvalue weighted by Crippen LogP contribution is 2.42. The molecule has 0 unspecified atom stereocenters.